The Hall–Kier alpha value is -1.62. The van der Waals surface area contributed by atoms with Crippen LogP contribution in [0, 0.1) is 11.7 Å². The van der Waals surface area contributed by atoms with Crippen LogP contribution in [-0.2, 0) is 9.53 Å². The predicted molar refractivity (Wildman–Crippen MR) is 79.8 cm³/mol. The lowest BCUT2D eigenvalue weighted by molar-refractivity contribution is -0.133. The van der Waals surface area contributed by atoms with Gasteiger partial charge < -0.3 is 14.8 Å². The van der Waals surface area contributed by atoms with E-state index in [0.29, 0.717) is 18.1 Å². The molecule has 0 fully saturated rings. The number of carbonyl (C=O) groups is 1. The van der Waals surface area contributed by atoms with Gasteiger partial charge in [-0.05, 0) is 37.5 Å². The van der Waals surface area contributed by atoms with Crippen LogP contribution in [-0.4, -0.2) is 25.7 Å². The van der Waals surface area contributed by atoms with E-state index in [9.17, 15) is 9.18 Å². The summed E-state index contributed by atoms with van der Waals surface area (Å²) in [7, 11) is 1.41. The van der Waals surface area contributed by atoms with Gasteiger partial charge in [-0.2, -0.15) is 0 Å². The van der Waals surface area contributed by atoms with Crippen molar-refractivity contribution in [3.63, 3.8) is 0 Å². The largest absolute Gasteiger partial charge is 0.494 e. The topological polar surface area (TPSA) is 47.6 Å². The quantitative estimate of drug-likeness (QED) is 0.841. The van der Waals surface area contributed by atoms with Gasteiger partial charge in [0.2, 0.25) is 5.91 Å². The first-order valence-corrected chi connectivity index (χ1v) is 7.10. The molecule has 2 atom stereocenters. The summed E-state index contributed by atoms with van der Waals surface area (Å²) in [5.41, 5.74) is 0.678. The molecular weight excluding hydrogens is 273 g/mol. The van der Waals surface area contributed by atoms with Crippen LogP contribution in [0.4, 0.5) is 4.39 Å². The van der Waals surface area contributed by atoms with E-state index >= 15 is 0 Å². The predicted octanol–water partition coefficient (Wildman–Crippen LogP) is 3.07. The van der Waals surface area contributed by atoms with Crippen LogP contribution >= 0.6 is 0 Å². The fraction of sp³-hybridized carbons (Fsp3) is 0.562. The first kappa shape index (κ1) is 17.4. The van der Waals surface area contributed by atoms with Gasteiger partial charge in [0.25, 0.3) is 0 Å². The number of amides is 1. The Bertz CT molecular complexity index is 477. The van der Waals surface area contributed by atoms with Crippen LogP contribution in [0.25, 0.3) is 0 Å². The van der Waals surface area contributed by atoms with E-state index in [4.69, 9.17) is 9.47 Å². The molecule has 1 rings (SSSR count). The van der Waals surface area contributed by atoms with Gasteiger partial charge in [-0.3, -0.25) is 4.79 Å². The second-order valence-corrected chi connectivity index (χ2v) is 5.49. The van der Waals surface area contributed by atoms with Gasteiger partial charge in [0.15, 0.2) is 11.6 Å². The molecule has 0 saturated carbocycles. The molecule has 1 N–H and O–H groups in total. The van der Waals surface area contributed by atoms with Crippen molar-refractivity contribution in [3.8, 4) is 5.75 Å². The maximum absolute atomic E-state index is 13.7. The number of methoxy groups -OCH3 is 1. The third-order valence-electron chi connectivity index (χ3n) is 3.08. The minimum Gasteiger partial charge on any atom is -0.494 e. The minimum absolute atomic E-state index is 0.186. The molecule has 0 aromatic heterocycles. The molecule has 118 valence electrons. The molecule has 0 heterocycles. The Balaban J connectivity index is 2.61. The SMILES string of the molecule is COc1ccc([C@@H](C)NC(=O)[C@@H](C)OCC(C)C)cc1F. The number of carbonyl (C=O) groups excluding carboxylic acids is 1. The summed E-state index contributed by atoms with van der Waals surface area (Å²) in [5.74, 6) is -0.0983. The number of benzene rings is 1. The summed E-state index contributed by atoms with van der Waals surface area (Å²) in [6.07, 6.45) is -0.530. The van der Waals surface area contributed by atoms with E-state index in [1.54, 1.807) is 26.0 Å². The molecule has 1 aromatic carbocycles. The molecule has 1 aromatic rings. The van der Waals surface area contributed by atoms with Crippen molar-refractivity contribution in [1.82, 2.24) is 5.32 Å². The van der Waals surface area contributed by atoms with Gasteiger partial charge in [0, 0.05) is 6.61 Å². The summed E-state index contributed by atoms with van der Waals surface area (Å²) in [4.78, 5) is 12.0. The zero-order chi connectivity index (χ0) is 16.0. The molecule has 5 heteroatoms. The molecule has 0 aliphatic carbocycles. The van der Waals surface area contributed by atoms with Crippen LogP contribution in [0.1, 0.15) is 39.3 Å². The van der Waals surface area contributed by atoms with Gasteiger partial charge in [0.1, 0.15) is 6.10 Å². The fourth-order valence-corrected chi connectivity index (χ4v) is 1.78. The molecule has 1 amide bonds. The number of rotatable bonds is 7. The molecule has 0 spiro atoms. The first-order valence-electron chi connectivity index (χ1n) is 7.10. The number of hydrogen-bond donors (Lipinski definition) is 1. The van der Waals surface area contributed by atoms with Gasteiger partial charge in [0.05, 0.1) is 13.2 Å². The number of hydrogen-bond acceptors (Lipinski definition) is 3. The van der Waals surface area contributed by atoms with Crippen molar-refractivity contribution in [1.29, 1.82) is 0 Å². The van der Waals surface area contributed by atoms with Crippen LogP contribution in [0.2, 0.25) is 0 Å². The van der Waals surface area contributed by atoms with E-state index < -0.39 is 11.9 Å². The number of nitrogens with one attached hydrogen (secondary N) is 1. The van der Waals surface area contributed by atoms with Crippen LogP contribution in [0.3, 0.4) is 0 Å². The standard InChI is InChI=1S/C16H24FNO3/c1-10(2)9-21-12(4)16(19)18-11(3)13-6-7-15(20-5)14(17)8-13/h6-8,10-12H,9H2,1-5H3,(H,18,19)/t11-,12-/m1/s1. The third-order valence-corrected chi connectivity index (χ3v) is 3.08. The molecule has 21 heavy (non-hydrogen) atoms. The maximum atomic E-state index is 13.7. The van der Waals surface area contributed by atoms with E-state index in [-0.39, 0.29) is 17.7 Å². The van der Waals surface area contributed by atoms with Crippen molar-refractivity contribution in [2.75, 3.05) is 13.7 Å². The Morgan fingerprint density at radius 2 is 1.95 bits per heavy atom. The molecule has 0 unspecified atom stereocenters. The Labute approximate surface area is 125 Å². The lowest BCUT2D eigenvalue weighted by Gasteiger charge is -2.19. The zero-order valence-corrected chi connectivity index (χ0v) is 13.3. The van der Waals surface area contributed by atoms with Gasteiger partial charge in [-0.25, -0.2) is 4.39 Å². The van der Waals surface area contributed by atoms with E-state index in [1.165, 1.54) is 13.2 Å². The van der Waals surface area contributed by atoms with Crippen LogP contribution < -0.4 is 10.1 Å². The first-order chi connectivity index (χ1) is 9.85. The highest BCUT2D eigenvalue weighted by Crippen LogP contribution is 2.21. The summed E-state index contributed by atoms with van der Waals surface area (Å²) >= 11 is 0. The fourth-order valence-electron chi connectivity index (χ4n) is 1.78. The molecule has 0 aliphatic rings. The van der Waals surface area contributed by atoms with E-state index in [1.807, 2.05) is 13.8 Å². The second-order valence-electron chi connectivity index (χ2n) is 5.49. The lowest BCUT2D eigenvalue weighted by atomic mass is 10.1. The summed E-state index contributed by atoms with van der Waals surface area (Å²) in [5, 5.41) is 2.81. The number of ether oxygens (including phenoxy) is 2. The van der Waals surface area contributed by atoms with Crippen molar-refractivity contribution in [2.45, 2.75) is 39.8 Å². The summed E-state index contributed by atoms with van der Waals surface area (Å²) < 4.78 is 24.0. The minimum atomic E-state index is -0.530. The highest BCUT2D eigenvalue weighted by Gasteiger charge is 2.18. The second kappa shape index (κ2) is 7.98. The average molecular weight is 297 g/mol. The Morgan fingerprint density at radius 1 is 1.29 bits per heavy atom. The summed E-state index contributed by atoms with van der Waals surface area (Å²) in [6, 6.07) is 4.34. The number of halogens is 1. The maximum Gasteiger partial charge on any atom is 0.249 e. The molecule has 4 nitrogen and oxygen atoms in total. The van der Waals surface area contributed by atoms with Gasteiger partial charge in [-0.15, -0.1) is 0 Å². The Morgan fingerprint density at radius 3 is 2.48 bits per heavy atom. The third kappa shape index (κ3) is 5.34. The van der Waals surface area contributed by atoms with Gasteiger partial charge >= 0.3 is 0 Å². The normalized spacial score (nSPS) is 13.9. The van der Waals surface area contributed by atoms with Crippen molar-refractivity contribution in [3.05, 3.63) is 29.6 Å². The van der Waals surface area contributed by atoms with Gasteiger partial charge in [-0.1, -0.05) is 19.9 Å². The zero-order valence-electron chi connectivity index (χ0n) is 13.3. The van der Waals surface area contributed by atoms with E-state index in [0.717, 1.165) is 0 Å². The molecule has 0 aliphatic heterocycles. The van der Waals surface area contributed by atoms with Crippen molar-refractivity contribution >= 4 is 5.91 Å². The highest BCUT2D eigenvalue weighted by molar-refractivity contribution is 5.80. The average Bonchev–Trinajstić information content (AvgIpc) is 2.44. The lowest BCUT2D eigenvalue weighted by Crippen LogP contribution is -2.36. The molecule has 0 radical (unpaired) electrons. The monoisotopic (exact) mass is 297 g/mol. The highest BCUT2D eigenvalue weighted by atomic mass is 19.1. The smallest absolute Gasteiger partial charge is 0.249 e. The summed E-state index contributed by atoms with van der Waals surface area (Å²) in [6.45, 7) is 8.08. The molecule has 0 saturated heterocycles. The van der Waals surface area contributed by atoms with Crippen LogP contribution in [0.15, 0.2) is 18.2 Å². The van der Waals surface area contributed by atoms with E-state index in [2.05, 4.69) is 5.32 Å². The van der Waals surface area contributed by atoms with Crippen molar-refractivity contribution in [2.24, 2.45) is 5.92 Å². The Kier molecular flexibility index (Phi) is 6.62. The van der Waals surface area contributed by atoms with Crippen molar-refractivity contribution < 1.29 is 18.7 Å². The molecular formula is C16H24FNO3. The van der Waals surface area contributed by atoms with Crippen LogP contribution in [0.5, 0.6) is 5.75 Å². The molecule has 0 bridgehead atoms.